The van der Waals surface area contributed by atoms with E-state index in [0.717, 1.165) is 33.8 Å². The first kappa shape index (κ1) is 24.4. The monoisotopic (exact) mass is 493 g/mol. The molecule has 4 rings (SSSR count). The number of fused-ring (bicyclic) bond motifs is 3. The maximum Gasteiger partial charge on any atom is 0.407 e. The van der Waals surface area contributed by atoms with Crippen LogP contribution in [-0.2, 0) is 9.53 Å². The highest BCUT2D eigenvalue weighted by Gasteiger charge is 2.31. The van der Waals surface area contributed by atoms with E-state index in [1.807, 2.05) is 24.3 Å². The zero-order valence-corrected chi connectivity index (χ0v) is 20.6. The molecule has 3 aromatic rings. The van der Waals surface area contributed by atoms with Gasteiger partial charge in [-0.2, -0.15) is 4.37 Å². The minimum Gasteiger partial charge on any atom is -0.478 e. The van der Waals surface area contributed by atoms with Gasteiger partial charge in [-0.05, 0) is 47.1 Å². The third-order valence-corrected chi connectivity index (χ3v) is 7.14. The van der Waals surface area contributed by atoms with Crippen LogP contribution in [0.2, 0.25) is 0 Å². The third kappa shape index (κ3) is 5.05. The number of alkyl carbamates (subject to hydrolysis) is 1. The Bertz CT molecular complexity index is 1240. The summed E-state index contributed by atoms with van der Waals surface area (Å²) in [6.07, 6.45) is -0.210. The number of ether oxygens (including phenoxy) is 1. The number of nitrogens with zero attached hydrogens (tertiary/aromatic N) is 1. The predicted molar refractivity (Wildman–Crippen MR) is 134 cm³/mol. The molecule has 0 bridgehead atoms. The molecule has 2 amide bonds. The van der Waals surface area contributed by atoms with Gasteiger partial charge >= 0.3 is 12.1 Å². The summed E-state index contributed by atoms with van der Waals surface area (Å²) in [5.41, 5.74) is 4.09. The summed E-state index contributed by atoms with van der Waals surface area (Å²) >= 11 is 0.934. The number of aromatic nitrogens is 1. The van der Waals surface area contributed by atoms with Crippen LogP contribution < -0.4 is 10.6 Å². The highest BCUT2D eigenvalue weighted by atomic mass is 32.1. The highest BCUT2D eigenvalue weighted by molar-refractivity contribution is 7.11. The normalized spacial score (nSPS) is 12.5. The van der Waals surface area contributed by atoms with Gasteiger partial charge in [-0.15, -0.1) is 0 Å². The zero-order chi connectivity index (χ0) is 25.2. The van der Waals surface area contributed by atoms with Gasteiger partial charge in [0.15, 0.2) is 0 Å². The van der Waals surface area contributed by atoms with Crippen molar-refractivity contribution in [3.05, 3.63) is 70.9 Å². The van der Waals surface area contributed by atoms with Gasteiger partial charge in [-0.25, -0.2) is 9.59 Å². The predicted octanol–water partition coefficient (Wildman–Crippen LogP) is 5.04. The number of aromatic carboxylic acids is 1. The van der Waals surface area contributed by atoms with Crippen LogP contribution in [0.3, 0.4) is 0 Å². The molecule has 2 aromatic carbocycles. The Morgan fingerprint density at radius 1 is 1.06 bits per heavy atom. The van der Waals surface area contributed by atoms with E-state index in [9.17, 15) is 19.5 Å². The second-order valence-electron chi connectivity index (χ2n) is 9.12. The lowest BCUT2D eigenvalue weighted by Gasteiger charge is -2.23. The van der Waals surface area contributed by atoms with Crippen molar-refractivity contribution in [2.75, 3.05) is 18.5 Å². The van der Waals surface area contributed by atoms with Crippen LogP contribution >= 0.6 is 11.5 Å². The van der Waals surface area contributed by atoms with Crippen molar-refractivity contribution in [3.63, 3.8) is 0 Å². The minimum atomic E-state index is -1.14. The molecule has 1 aromatic heterocycles. The average molecular weight is 494 g/mol. The molecule has 1 aliphatic carbocycles. The van der Waals surface area contributed by atoms with Crippen LogP contribution in [0.25, 0.3) is 11.1 Å². The Balaban J connectivity index is 1.29. The number of amides is 2. The van der Waals surface area contributed by atoms with Crippen LogP contribution in [0.15, 0.2) is 48.5 Å². The number of rotatable bonds is 8. The van der Waals surface area contributed by atoms with E-state index in [4.69, 9.17) is 4.74 Å². The van der Waals surface area contributed by atoms with Gasteiger partial charge in [0.1, 0.15) is 17.2 Å². The van der Waals surface area contributed by atoms with E-state index in [0.29, 0.717) is 12.1 Å². The van der Waals surface area contributed by atoms with Crippen LogP contribution in [0.4, 0.5) is 9.80 Å². The Hall–Kier alpha value is -3.72. The molecular formula is C26H27N3O5S. The number of carbonyl (C=O) groups is 3. The highest BCUT2D eigenvalue weighted by Crippen LogP contribution is 2.44. The molecule has 1 heterocycles. The topological polar surface area (TPSA) is 118 Å². The zero-order valence-electron chi connectivity index (χ0n) is 19.8. The molecule has 0 saturated heterocycles. The molecule has 182 valence electrons. The molecule has 0 spiro atoms. The van der Waals surface area contributed by atoms with Crippen molar-refractivity contribution in [1.82, 2.24) is 9.69 Å². The van der Waals surface area contributed by atoms with Gasteiger partial charge in [-0.1, -0.05) is 62.4 Å². The van der Waals surface area contributed by atoms with Gasteiger partial charge in [0.05, 0.1) is 5.69 Å². The number of carboxylic acids is 1. The van der Waals surface area contributed by atoms with E-state index >= 15 is 0 Å². The van der Waals surface area contributed by atoms with Crippen LogP contribution in [0.5, 0.6) is 0 Å². The standard InChI is InChI=1S/C26H27N3O5S/c1-15-21(23(30)31)22(35-29-15)28-24(32)26(2,3)12-13-27-25(33)34-14-20-18-10-6-4-8-16(18)17-9-5-7-11-19(17)20/h4-11,20H,12-14H2,1-3H3,(H,27,33)(H,28,32)(H,30,31). The second-order valence-corrected chi connectivity index (χ2v) is 9.89. The maximum atomic E-state index is 12.8. The minimum absolute atomic E-state index is 0.00378. The number of nitrogens with one attached hydrogen (secondary N) is 2. The van der Waals surface area contributed by atoms with Gasteiger partial charge in [0.2, 0.25) is 5.91 Å². The van der Waals surface area contributed by atoms with Crippen molar-refractivity contribution < 1.29 is 24.2 Å². The SMILES string of the molecule is Cc1nsc(NC(=O)C(C)(C)CCNC(=O)OCC2c3ccccc3-c3ccccc32)c1C(=O)O. The second kappa shape index (κ2) is 9.87. The number of hydrogen-bond acceptors (Lipinski definition) is 6. The molecule has 0 radical (unpaired) electrons. The lowest BCUT2D eigenvalue weighted by molar-refractivity contribution is -0.124. The van der Waals surface area contributed by atoms with Gasteiger partial charge in [0.25, 0.3) is 0 Å². The van der Waals surface area contributed by atoms with Crippen molar-refractivity contribution in [2.24, 2.45) is 5.41 Å². The molecule has 3 N–H and O–H groups in total. The summed E-state index contributed by atoms with van der Waals surface area (Å²) in [7, 11) is 0. The fourth-order valence-electron chi connectivity index (χ4n) is 4.22. The van der Waals surface area contributed by atoms with Crippen LogP contribution in [0.1, 0.15) is 53.4 Å². The summed E-state index contributed by atoms with van der Waals surface area (Å²) in [6.45, 7) is 5.49. The molecule has 0 fully saturated rings. The van der Waals surface area contributed by atoms with E-state index in [1.165, 1.54) is 0 Å². The number of anilines is 1. The Labute approximate surface area is 207 Å². The van der Waals surface area contributed by atoms with E-state index < -0.39 is 17.5 Å². The Kier molecular flexibility index (Phi) is 6.88. The molecule has 1 aliphatic rings. The maximum absolute atomic E-state index is 12.8. The van der Waals surface area contributed by atoms with E-state index in [1.54, 1.807) is 20.8 Å². The summed E-state index contributed by atoms with van der Waals surface area (Å²) in [4.78, 5) is 36.6. The van der Waals surface area contributed by atoms with E-state index in [-0.39, 0.29) is 35.5 Å². The molecule has 0 saturated carbocycles. The smallest absolute Gasteiger partial charge is 0.407 e. The fraction of sp³-hybridized carbons (Fsp3) is 0.308. The van der Waals surface area contributed by atoms with Crippen LogP contribution in [-0.4, -0.2) is 40.6 Å². The number of hydrogen-bond donors (Lipinski definition) is 3. The first-order valence-corrected chi connectivity index (χ1v) is 12.1. The number of aryl methyl sites for hydroxylation is 1. The Morgan fingerprint density at radius 2 is 1.66 bits per heavy atom. The van der Waals surface area contributed by atoms with Gasteiger partial charge in [-0.3, -0.25) is 4.79 Å². The van der Waals surface area contributed by atoms with Crippen LogP contribution in [0, 0.1) is 12.3 Å². The summed E-state index contributed by atoms with van der Waals surface area (Å²) in [5.74, 6) is -1.51. The summed E-state index contributed by atoms with van der Waals surface area (Å²) in [5, 5.41) is 14.9. The lowest BCUT2D eigenvalue weighted by atomic mass is 9.88. The third-order valence-electron chi connectivity index (χ3n) is 6.28. The first-order valence-electron chi connectivity index (χ1n) is 11.3. The lowest BCUT2D eigenvalue weighted by Crippen LogP contribution is -2.36. The van der Waals surface area contributed by atoms with Gasteiger partial charge in [0, 0.05) is 17.9 Å². The molecule has 0 unspecified atom stereocenters. The van der Waals surface area contributed by atoms with Crippen molar-refractivity contribution in [3.8, 4) is 11.1 Å². The summed E-state index contributed by atoms with van der Waals surface area (Å²) < 4.78 is 9.55. The van der Waals surface area contributed by atoms with Gasteiger partial charge < -0.3 is 20.5 Å². The molecule has 9 heteroatoms. The van der Waals surface area contributed by atoms with E-state index in [2.05, 4.69) is 39.3 Å². The summed E-state index contributed by atoms with van der Waals surface area (Å²) in [6, 6.07) is 16.2. The molecule has 0 atom stereocenters. The largest absolute Gasteiger partial charge is 0.478 e. The van der Waals surface area contributed by atoms with Crippen molar-refractivity contribution in [1.29, 1.82) is 0 Å². The Morgan fingerprint density at radius 3 is 2.26 bits per heavy atom. The van der Waals surface area contributed by atoms with Crippen molar-refractivity contribution >= 4 is 34.5 Å². The average Bonchev–Trinajstić information content (AvgIpc) is 3.35. The fourth-order valence-corrected chi connectivity index (χ4v) is 5.00. The number of carbonyl (C=O) groups excluding carboxylic acids is 2. The quantitative estimate of drug-likeness (QED) is 0.405. The molecule has 35 heavy (non-hydrogen) atoms. The molecule has 0 aliphatic heterocycles. The van der Waals surface area contributed by atoms with Crippen molar-refractivity contribution in [2.45, 2.75) is 33.1 Å². The number of benzene rings is 2. The first-order chi connectivity index (χ1) is 16.7. The number of carboxylic acid groups (broad SMARTS) is 1. The molecule has 8 nitrogen and oxygen atoms in total. The molecular weight excluding hydrogens is 466 g/mol.